The molecule has 0 spiro atoms. The van der Waals surface area contributed by atoms with Crippen molar-refractivity contribution in [3.8, 4) is 0 Å². The van der Waals surface area contributed by atoms with Gasteiger partial charge in [0.1, 0.15) is 0 Å². The zero-order valence-corrected chi connectivity index (χ0v) is 20.1. The van der Waals surface area contributed by atoms with Crippen molar-refractivity contribution in [1.29, 1.82) is 0 Å². The van der Waals surface area contributed by atoms with Gasteiger partial charge in [0.2, 0.25) is 0 Å². The molecule has 2 aromatic carbocycles. The summed E-state index contributed by atoms with van der Waals surface area (Å²) in [5.41, 5.74) is 3.97. The maximum atomic E-state index is 16.5. The van der Waals surface area contributed by atoms with Gasteiger partial charge in [-0.3, -0.25) is 4.11 Å². The van der Waals surface area contributed by atoms with Gasteiger partial charge in [-0.2, -0.15) is 0 Å². The predicted molar refractivity (Wildman–Crippen MR) is 122 cm³/mol. The Morgan fingerprint density at radius 3 is 1.19 bits per heavy atom. The zero-order valence-electron chi connectivity index (χ0n) is 17.1. The second-order valence-electron chi connectivity index (χ2n) is 9.35. The van der Waals surface area contributed by atoms with Gasteiger partial charge in [-0.25, -0.2) is 0 Å². The van der Waals surface area contributed by atoms with Gasteiger partial charge in [-0.1, -0.05) is 99.9 Å². The van der Waals surface area contributed by atoms with Crippen molar-refractivity contribution in [2.24, 2.45) is 0 Å². The Labute approximate surface area is 165 Å². The molecule has 0 fully saturated rings. The molecule has 1 aliphatic heterocycles. The third kappa shape index (κ3) is 3.61. The van der Waals surface area contributed by atoms with E-state index in [-0.39, 0.29) is 0 Å². The molecule has 1 heterocycles. The van der Waals surface area contributed by atoms with E-state index in [1.54, 1.807) is 0 Å². The summed E-state index contributed by atoms with van der Waals surface area (Å²) >= 11 is 0. The molecule has 1 N–H and O–H groups in total. The van der Waals surface area contributed by atoms with Crippen molar-refractivity contribution in [2.45, 2.75) is 39.3 Å². The molecule has 0 saturated heterocycles. The zero-order chi connectivity index (χ0) is 20.0. The van der Waals surface area contributed by atoms with Crippen molar-refractivity contribution in [2.75, 3.05) is 0 Å². The molecule has 2 aromatic rings. The van der Waals surface area contributed by atoms with Crippen LogP contribution < -0.4 is 0 Å². The summed E-state index contributed by atoms with van der Waals surface area (Å²) in [5, 5.41) is 0. The van der Waals surface area contributed by atoms with Gasteiger partial charge in [0.15, 0.2) is 0 Å². The van der Waals surface area contributed by atoms with E-state index >= 15 is 4.11 Å². The summed E-state index contributed by atoms with van der Waals surface area (Å²) in [4.78, 5) is 13.0. The highest BCUT2D eigenvalue weighted by Crippen LogP contribution is 2.53. The van der Waals surface area contributed by atoms with Crippen molar-refractivity contribution in [1.82, 2.24) is 0 Å². The maximum absolute atomic E-state index is 16.5. The highest BCUT2D eigenvalue weighted by molar-refractivity contribution is 7.15. The molecule has 0 amide bonds. The van der Waals surface area contributed by atoms with Gasteiger partial charge in [0.25, 0.3) is 0 Å². The number of hydrogen-bond donors (Lipinski definition) is 1. The van der Waals surface area contributed by atoms with Crippen molar-refractivity contribution in [3.05, 3.63) is 81.4 Å². The van der Waals surface area contributed by atoms with Crippen LogP contribution in [-0.2, 0) is 0 Å². The average molecular weight is 413 g/mol. The number of hydrogen-bond acceptors (Lipinski definition) is 1. The molecule has 27 heavy (non-hydrogen) atoms. The third-order valence-corrected chi connectivity index (χ3v) is 16.9. The van der Waals surface area contributed by atoms with Crippen LogP contribution in [-0.4, -0.2) is 29.6 Å². The first-order chi connectivity index (χ1) is 12.5. The molecule has 0 radical (unpaired) electrons. The summed E-state index contributed by atoms with van der Waals surface area (Å²) in [7, 11) is -8.39. The van der Waals surface area contributed by atoms with Crippen molar-refractivity contribution < 1.29 is 8.90 Å². The summed E-state index contributed by atoms with van der Waals surface area (Å²) in [6, 6.07) is 20.2. The van der Waals surface area contributed by atoms with Crippen LogP contribution in [0.4, 0.5) is 4.11 Å². The Hall–Kier alpha value is -1.54. The van der Waals surface area contributed by atoms with Crippen LogP contribution in [0.1, 0.15) is 11.1 Å². The fourth-order valence-electron chi connectivity index (χ4n) is 4.24. The molecular formula is C22H29FOSi3. The van der Waals surface area contributed by atoms with E-state index in [1.807, 2.05) is 36.4 Å². The van der Waals surface area contributed by atoms with Gasteiger partial charge in [-0.15, -0.1) is 0 Å². The van der Waals surface area contributed by atoms with Crippen molar-refractivity contribution in [3.63, 3.8) is 0 Å². The Kier molecular flexibility index (Phi) is 5.10. The molecule has 0 saturated carbocycles. The first-order valence-electron chi connectivity index (χ1n) is 9.48. The van der Waals surface area contributed by atoms with Crippen LogP contribution in [0.3, 0.4) is 0 Å². The standard InChI is InChI=1S/C22H29FOSi3/c1-25(2,3)21-19(17-13-9-7-10-14-17)20(18-15-11-8-12-16-18)22(26(4,5)6)27(21,23)24/h7-16,24H,1-6H3. The van der Waals surface area contributed by atoms with Gasteiger partial charge in [-0.05, 0) is 31.9 Å². The molecule has 1 aliphatic rings. The van der Waals surface area contributed by atoms with E-state index in [9.17, 15) is 4.80 Å². The highest BCUT2D eigenvalue weighted by atomic mass is 28.5. The monoisotopic (exact) mass is 412 g/mol. The smallest absolute Gasteiger partial charge is 0.402 e. The summed E-state index contributed by atoms with van der Waals surface area (Å²) in [5.74, 6) is 0. The van der Waals surface area contributed by atoms with E-state index in [0.29, 0.717) is 0 Å². The molecule has 142 valence electrons. The van der Waals surface area contributed by atoms with Gasteiger partial charge in [0, 0.05) is 0 Å². The number of rotatable bonds is 4. The molecule has 3 rings (SSSR count). The lowest BCUT2D eigenvalue weighted by Crippen LogP contribution is -2.50. The van der Waals surface area contributed by atoms with E-state index in [4.69, 9.17) is 0 Å². The molecule has 0 aliphatic carbocycles. The normalized spacial score (nSPS) is 17.6. The Morgan fingerprint density at radius 2 is 0.926 bits per heavy atom. The number of halogens is 1. The molecule has 0 unspecified atom stereocenters. The summed E-state index contributed by atoms with van der Waals surface area (Å²) < 4.78 is 16.5. The lowest BCUT2D eigenvalue weighted by Gasteiger charge is -2.31. The molecule has 5 heteroatoms. The Morgan fingerprint density at radius 1 is 0.630 bits per heavy atom. The topological polar surface area (TPSA) is 20.2 Å². The third-order valence-electron chi connectivity index (χ3n) is 5.04. The largest absolute Gasteiger partial charge is 0.431 e. The second-order valence-corrected chi connectivity index (χ2v) is 22.6. The van der Waals surface area contributed by atoms with Crippen molar-refractivity contribution >= 4 is 35.9 Å². The minimum absolute atomic E-state index is 0.748. The van der Waals surface area contributed by atoms with Crippen LogP contribution >= 0.6 is 0 Å². The van der Waals surface area contributed by atoms with Crippen LogP contribution in [0.25, 0.3) is 11.1 Å². The van der Waals surface area contributed by atoms with Crippen LogP contribution in [0.2, 0.25) is 39.3 Å². The summed E-state index contributed by atoms with van der Waals surface area (Å²) in [6.07, 6.45) is 0. The minimum Gasteiger partial charge on any atom is -0.402 e. The van der Waals surface area contributed by atoms with Crippen LogP contribution in [0, 0.1) is 0 Å². The summed E-state index contributed by atoms with van der Waals surface area (Å²) in [6.45, 7) is 12.9. The van der Waals surface area contributed by atoms with E-state index in [2.05, 4.69) is 63.5 Å². The molecular weight excluding hydrogens is 383 g/mol. The number of allylic oxidation sites excluding steroid dienone is 2. The first kappa shape index (κ1) is 20.2. The van der Waals surface area contributed by atoms with Gasteiger partial charge < -0.3 is 4.80 Å². The van der Waals surface area contributed by atoms with E-state index < -0.39 is 24.8 Å². The number of benzene rings is 2. The SMILES string of the molecule is C[Si](C)(C)C1=C(c2ccccc2)C(c2ccccc2)=C([Si](C)(C)C)[Si]1(O)F. The average Bonchev–Trinajstić information content (AvgIpc) is 2.84. The van der Waals surface area contributed by atoms with Crippen LogP contribution in [0.15, 0.2) is 70.3 Å². The highest BCUT2D eigenvalue weighted by Gasteiger charge is 2.58. The molecule has 0 bridgehead atoms. The lowest BCUT2D eigenvalue weighted by molar-refractivity contribution is 0.483. The fraction of sp³-hybridized carbons (Fsp3) is 0.273. The van der Waals surface area contributed by atoms with E-state index in [0.717, 1.165) is 31.9 Å². The van der Waals surface area contributed by atoms with Crippen LogP contribution in [0.5, 0.6) is 0 Å². The van der Waals surface area contributed by atoms with E-state index in [1.165, 1.54) is 0 Å². The molecule has 0 aromatic heterocycles. The second kappa shape index (κ2) is 6.81. The van der Waals surface area contributed by atoms with Gasteiger partial charge >= 0.3 is 8.65 Å². The molecule has 1 nitrogen and oxygen atoms in total. The Bertz CT molecular complexity index is 827. The minimum atomic E-state index is -4.18. The molecule has 0 atom stereocenters. The van der Waals surface area contributed by atoms with Gasteiger partial charge in [0.05, 0.1) is 16.1 Å². The lowest BCUT2D eigenvalue weighted by atomic mass is 9.95. The fourth-order valence-corrected chi connectivity index (χ4v) is 16.8. The Balaban J connectivity index is 2.48. The predicted octanol–water partition coefficient (Wildman–Crippen LogP) is 6.14. The quantitative estimate of drug-likeness (QED) is 0.472. The maximum Gasteiger partial charge on any atom is 0.431 e. The first-order valence-corrected chi connectivity index (χ1v) is 18.3.